The predicted molar refractivity (Wildman–Crippen MR) is 127 cm³/mol. The third-order valence-corrected chi connectivity index (χ3v) is 5.22. The Morgan fingerprint density at radius 1 is 0.697 bits per heavy atom. The van der Waals surface area contributed by atoms with E-state index in [-0.39, 0.29) is 6.61 Å². The number of carbonyl (C=O) groups excluding carboxylic acids is 1. The zero-order chi connectivity index (χ0) is 23.6. The molecular weight excluding hydrogens is 422 g/mol. The lowest BCUT2D eigenvalue weighted by atomic mass is 9.99. The Hall–Kier alpha value is -3.87. The molecule has 7 nitrogen and oxygen atoms in total. The largest absolute Gasteiger partial charge is 0.493 e. The summed E-state index contributed by atoms with van der Waals surface area (Å²) in [7, 11) is 6.40. The molecule has 0 saturated carbocycles. The second-order valence-corrected chi connectivity index (χ2v) is 7.23. The number of hydrogen-bond donors (Lipinski definition) is 1. The van der Waals surface area contributed by atoms with Crippen LogP contribution in [0.25, 0.3) is 0 Å². The van der Waals surface area contributed by atoms with Gasteiger partial charge in [-0.25, -0.2) is 4.79 Å². The minimum Gasteiger partial charge on any atom is -0.493 e. The van der Waals surface area contributed by atoms with Crippen molar-refractivity contribution in [2.24, 2.45) is 0 Å². The summed E-state index contributed by atoms with van der Waals surface area (Å²) < 4.78 is 27.1. The van der Waals surface area contributed by atoms with Crippen molar-refractivity contribution in [2.75, 3.05) is 33.8 Å². The highest BCUT2D eigenvalue weighted by atomic mass is 16.5. The number of amides is 1. The van der Waals surface area contributed by atoms with Crippen LogP contribution in [0.3, 0.4) is 0 Å². The molecule has 0 aliphatic rings. The summed E-state index contributed by atoms with van der Waals surface area (Å²) in [6.07, 6.45) is 0.926. The second kappa shape index (κ2) is 11.7. The van der Waals surface area contributed by atoms with Gasteiger partial charge >= 0.3 is 6.09 Å². The van der Waals surface area contributed by atoms with E-state index < -0.39 is 6.09 Å². The molecule has 3 aromatic rings. The van der Waals surface area contributed by atoms with Crippen molar-refractivity contribution in [3.8, 4) is 23.0 Å². The van der Waals surface area contributed by atoms with Gasteiger partial charge in [-0.05, 0) is 65.9 Å². The smallest absolute Gasteiger partial charge is 0.411 e. The summed E-state index contributed by atoms with van der Waals surface area (Å²) in [6, 6.07) is 18.8. The molecule has 3 aromatic carbocycles. The molecule has 0 heterocycles. The van der Waals surface area contributed by atoms with Crippen LogP contribution in [0.15, 0.2) is 60.7 Å². The van der Waals surface area contributed by atoms with Crippen molar-refractivity contribution in [2.45, 2.75) is 19.4 Å². The third-order valence-electron chi connectivity index (χ3n) is 5.22. The van der Waals surface area contributed by atoms with Crippen LogP contribution in [0.5, 0.6) is 23.0 Å². The normalized spacial score (nSPS) is 10.3. The van der Waals surface area contributed by atoms with E-state index in [4.69, 9.17) is 23.7 Å². The van der Waals surface area contributed by atoms with Gasteiger partial charge in [-0.2, -0.15) is 0 Å². The van der Waals surface area contributed by atoms with Crippen molar-refractivity contribution < 1.29 is 28.5 Å². The molecule has 3 rings (SSSR count). The average molecular weight is 452 g/mol. The maximum atomic E-state index is 12.3. The number of benzene rings is 3. The molecule has 0 unspecified atom stereocenters. The van der Waals surface area contributed by atoms with Crippen LogP contribution in [0, 0.1) is 0 Å². The number of nitrogens with one attached hydrogen (secondary N) is 1. The Labute approximate surface area is 194 Å². The van der Waals surface area contributed by atoms with Gasteiger partial charge in [0.2, 0.25) is 0 Å². The maximum absolute atomic E-state index is 12.3. The standard InChI is InChI=1S/C26H29NO6/c1-29-22-13-11-18(14-23(22)30-2)10-12-19-15-24(31-3)25(32-4)16-20(19)17-33-26(28)27-21-8-6-5-7-9-21/h5-9,11,13-16H,10,12,17H2,1-4H3,(H,27,28). The predicted octanol–water partition coefficient (Wildman–Crippen LogP) is 5.25. The SMILES string of the molecule is COc1ccc(CCc2cc(OC)c(OC)cc2COC(=O)Nc2ccccc2)cc1OC. The number of carbonyl (C=O) groups is 1. The van der Waals surface area contributed by atoms with Crippen LogP contribution in [0.2, 0.25) is 0 Å². The summed E-state index contributed by atoms with van der Waals surface area (Å²) >= 11 is 0. The Balaban J connectivity index is 1.76. The van der Waals surface area contributed by atoms with Gasteiger partial charge in [0.15, 0.2) is 23.0 Å². The first-order chi connectivity index (χ1) is 16.1. The van der Waals surface area contributed by atoms with Gasteiger partial charge in [-0.3, -0.25) is 5.32 Å². The molecular formula is C26H29NO6. The van der Waals surface area contributed by atoms with Crippen LogP contribution >= 0.6 is 0 Å². The molecule has 0 saturated heterocycles. The van der Waals surface area contributed by atoms with Gasteiger partial charge in [0, 0.05) is 5.69 Å². The summed E-state index contributed by atoms with van der Waals surface area (Å²) in [6.45, 7) is 0.0975. The molecule has 0 fully saturated rings. The fraction of sp³-hybridized carbons (Fsp3) is 0.269. The Bertz CT molecular complexity index is 1070. The van der Waals surface area contributed by atoms with Crippen molar-refractivity contribution in [1.29, 1.82) is 0 Å². The van der Waals surface area contributed by atoms with Crippen molar-refractivity contribution >= 4 is 11.8 Å². The molecule has 7 heteroatoms. The molecule has 0 aromatic heterocycles. The zero-order valence-electron chi connectivity index (χ0n) is 19.3. The van der Waals surface area contributed by atoms with Crippen molar-refractivity contribution in [3.63, 3.8) is 0 Å². The summed E-state index contributed by atoms with van der Waals surface area (Å²) in [4.78, 5) is 12.3. The lowest BCUT2D eigenvalue weighted by Gasteiger charge is -2.16. The van der Waals surface area contributed by atoms with Crippen LogP contribution in [-0.2, 0) is 24.2 Å². The van der Waals surface area contributed by atoms with Crippen LogP contribution in [0.4, 0.5) is 10.5 Å². The highest BCUT2D eigenvalue weighted by Gasteiger charge is 2.14. The van der Waals surface area contributed by atoms with Crippen molar-refractivity contribution in [1.82, 2.24) is 0 Å². The van der Waals surface area contributed by atoms with E-state index in [0.717, 1.165) is 23.1 Å². The first-order valence-corrected chi connectivity index (χ1v) is 10.5. The number of hydrogen-bond acceptors (Lipinski definition) is 6. The summed E-state index contributed by atoms with van der Waals surface area (Å²) in [5, 5.41) is 2.72. The van der Waals surface area contributed by atoms with Gasteiger partial charge in [0.1, 0.15) is 6.61 Å². The topological polar surface area (TPSA) is 75.2 Å². The fourth-order valence-electron chi connectivity index (χ4n) is 3.46. The van der Waals surface area contributed by atoms with E-state index in [9.17, 15) is 4.79 Å². The quantitative estimate of drug-likeness (QED) is 0.454. The molecule has 0 aliphatic heterocycles. The molecule has 174 valence electrons. The number of ether oxygens (including phenoxy) is 5. The minimum absolute atomic E-state index is 0.0975. The highest BCUT2D eigenvalue weighted by molar-refractivity contribution is 5.84. The number of methoxy groups -OCH3 is 4. The van der Waals surface area contributed by atoms with Gasteiger partial charge in [0.25, 0.3) is 0 Å². The Morgan fingerprint density at radius 3 is 1.94 bits per heavy atom. The van der Waals surface area contributed by atoms with E-state index in [2.05, 4.69) is 5.32 Å². The second-order valence-electron chi connectivity index (χ2n) is 7.23. The first kappa shape index (κ1) is 23.8. The number of anilines is 1. The zero-order valence-corrected chi connectivity index (χ0v) is 19.3. The Kier molecular flexibility index (Phi) is 8.41. The maximum Gasteiger partial charge on any atom is 0.411 e. The third kappa shape index (κ3) is 6.32. The first-order valence-electron chi connectivity index (χ1n) is 10.5. The number of aryl methyl sites for hydroxylation is 2. The monoisotopic (exact) mass is 451 g/mol. The van der Waals surface area contributed by atoms with E-state index in [0.29, 0.717) is 35.1 Å². The van der Waals surface area contributed by atoms with E-state index >= 15 is 0 Å². The van der Waals surface area contributed by atoms with Crippen LogP contribution in [0.1, 0.15) is 16.7 Å². The van der Waals surface area contributed by atoms with E-state index in [1.165, 1.54) is 0 Å². The van der Waals surface area contributed by atoms with E-state index in [1.54, 1.807) is 40.6 Å². The molecule has 0 atom stereocenters. The van der Waals surface area contributed by atoms with Crippen LogP contribution < -0.4 is 24.3 Å². The van der Waals surface area contributed by atoms with Gasteiger partial charge in [-0.1, -0.05) is 24.3 Å². The molecule has 1 N–H and O–H groups in total. The number of rotatable bonds is 10. The minimum atomic E-state index is -0.526. The Morgan fingerprint density at radius 2 is 1.30 bits per heavy atom. The fourth-order valence-corrected chi connectivity index (χ4v) is 3.46. The highest BCUT2D eigenvalue weighted by Crippen LogP contribution is 2.33. The lowest BCUT2D eigenvalue weighted by molar-refractivity contribution is 0.154. The molecule has 0 radical (unpaired) electrons. The lowest BCUT2D eigenvalue weighted by Crippen LogP contribution is -2.14. The number of para-hydroxylation sites is 1. The van der Waals surface area contributed by atoms with Crippen molar-refractivity contribution in [3.05, 3.63) is 77.4 Å². The molecule has 33 heavy (non-hydrogen) atoms. The van der Waals surface area contributed by atoms with Crippen LogP contribution in [-0.4, -0.2) is 34.5 Å². The van der Waals surface area contributed by atoms with Gasteiger partial charge in [0.05, 0.1) is 28.4 Å². The summed E-state index contributed by atoms with van der Waals surface area (Å²) in [5.41, 5.74) is 3.60. The van der Waals surface area contributed by atoms with Gasteiger partial charge < -0.3 is 23.7 Å². The average Bonchev–Trinajstić information content (AvgIpc) is 2.86. The molecule has 0 spiro atoms. The molecule has 0 bridgehead atoms. The molecule has 1 amide bonds. The summed E-state index contributed by atoms with van der Waals surface area (Å²) in [5.74, 6) is 2.57. The van der Waals surface area contributed by atoms with Gasteiger partial charge in [-0.15, -0.1) is 0 Å². The molecule has 0 aliphatic carbocycles. The van der Waals surface area contributed by atoms with E-state index in [1.807, 2.05) is 48.5 Å².